The van der Waals surface area contributed by atoms with Crippen LogP contribution in [0.4, 0.5) is 18.9 Å². The molecule has 2 rings (SSSR count). The van der Waals surface area contributed by atoms with Gasteiger partial charge in [0.25, 0.3) is 5.56 Å². The summed E-state index contributed by atoms with van der Waals surface area (Å²) in [6.07, 6.45) is -3.73. The van der Waals surface area contributed by atoms with Gasteiger partial charge >= 0.3 is 6.18 Å². The second kappa shape index (κ2) is 5.82. The summed E-state index contributed by atoms with van der Waals surface area (Å²) in [6, 6.07) is 0.577. The predicted molar refractivity (Wildman–Crippen MR) is 71.1 cm³/mol. The molecule has 9 heteroatoms. The maximum absolute atomic E-state index is 12.6. The number of likely N-dealkylation sites (tertiary alicyclic amines) is 1. The molecule has 2 amide bonds. The number of hydrogen-bond donors (Lipinski definition) is 2. The maximum atomic E-state index is 12.6. The lowest BCUT2D eigenvalue weighted by atomic mass is 9.95. The van der Waals surface area contributed by atoms with E-state index in [1.807, 2.05) is 4.98 Å². The Morgan fingerprint density at radius 3 is 2.68 bits per heavy atom. The molecule has 2 N–H and O–H groups in total. The number of pyridine rings is 1. The van der Waals surface area contributed by atoms with Crippen LogP contribution in [0.2, 0.25) is 0 Å². The van der Waals surface area contributed by atoms with E-state index >= 15 is 0 Å². The molecule has 0 saturated carbocycles. The number of aromatic nitrogens is 1. The minimum absolute atomic E-state index is 0.0286. The Kier molecular flexibility index (Phi) is 4.25. The number of anilines is 1. The van der Waals surface area contributed by atoms with Crippen LogP contribution in [0, 0.1) is 5.92 Å². The van der Waals surface area contributed by atoms with Crippen molar-refractivity contribution in [1.82, 2.24) is 9.88 Å². The molecule has 2 heterocycles. The van der Waals surface area contributed by atoms with Gasteiger partial charge in [0, 0.05) is 32.1 Å². The largest absolute Gasteiger partial charge is 0.417 e. The standard InChI is InChI=1S/C13H14F3N3O3/c1-19-3-2-7(4-10(19)20)11(21)18-9-5-8(13(14,15)16)6-17-12(9)22/h5-7H,2-4H2,1H3,(H,17,22)(H,18,21). The first-order chi connectivity index (χ1) is 10.2. The number of carbonyl (C=O) groups excluding carboxylic acids is 2. The highest BCUT2D eigenvalue weighted by atomic mass is 19.4. The van der Waals surface area contributed by atoms with Crippen molar-refractivity contribution in [2.45, 2.75) is 19.0 Å². The zero-order valence-corrected chi connectivity index (χ0v) is 11.7. The van der Waals surface area contributed by atoms with Crippen molar-refractivity contribution in [1.29, 1.82) is 0 Å². The summed E-state index contributed by atoms with van der Waals surface area (Å²) in [5.74, 6) is -1.51. The summed E-state index contributed by atoms with van der Waals surface area (Å²) in [7, 11) is 1.61. The molecule has 0 radical (unpaired) electrons. The molecule has 0 aliphatic carbocycles. The third-order valence-corrected chi connectivity index (χ3v) is 3.52. The van der Waals surface area contributed by atoms with E-state index in [9.17, 15) is 27.6 Å². The Labute approximate surface area is 123 Å². The summed E-state index contributed by atoms with van der Waals surface area (Å²) in [4.78, 5) is 38.5. The number of rotatable bonds is 2. The van der Waals surface area contributed by atoms with Crippen molar-refractivity contribution in [2.24, 2.45) is 5.92 Å². The van der Waals surface area contributed by atoms with Gasteiger partial charge < -0.3 is 15.2 Å². The number of nitrogens with one attached hydrogen (secondary N) is 2. The molecule has 1 aromatic rings. The second-order valence-corrected chi connectivity index (χ2v) is 5.12. The van der Waals surface area contributed by atoms with Crippen LogP contribution in [0.5, 0.6) is 0 Å². The predicted octanol–water partition coefficient (Wildman–Crippen LogP) is 1.20. The van der Waals surface area contributed by atoms with E-state index in [4.69, 9.17) is 0 Å². The van der Waals surface area contributed by atoms with Gasteiger partial charge in [0.15, 0.2) is 0 Å². The SMILES string of the molecule is CN1CCC(C(=O)Nc2cc(C(F)(F)F)c[nH]c2=O)CC1=O. The molecule has 1 fully saturated rings. The molecule has 1 atom stereocenters. The van der Waals surface area contributed by atoms with Crippen molar-refractivity contribution in [2.75, 3.05) is 18.9 Å². The molecule has 6 nitrogen and oxygen atoms in total. The number of H-pyrrole nitrogens is 1. The smallest absolute Gasteiger partial charge is 0.346 e. The summed E-state index contributed by atoms with van der Waals surface area (Å²) < 4.78 is 37.8. The molecule has 0 aromatic carbocycles. The number of amides is 2. The Bertz CT molecular complexity index is 654. The molecule has 1 unspecified atom stereocenters. The van der Waals surface area contributed by atoms with E-state index in [0.29, 0.717) is 25.2 Å². The number of aromatic amines is 1. The second-order valence-electron chi connectivity index (χ2n) is 5.12. The van der Waals surface area contributed by atoms with Gasteiger partial charge in [-0.3, -0.25) is 14.4 Å². The minimum atomic E-state index is -4.63. The number of halogens is 3. The van der Waals surface area contributed by atoms with Gasteiger partial charge in [-0.25, -0.2) is 0 Å². The van der Waals surface area contributed by atoms with Crippen LogP contribution in [0.15, 0.2) is 17.1 Å². The fourth-order valence-corrected chi connectivity index (χ4v) is 2.14. The first kappa shape index (κ1) is 16.1. The fraction of sp³-hybridized carbons (Fsp3) is 0.462. The molecule has 0 bridgehead atoms. The van der Waals surface area contributed by atoms with Crippen molar-refractivity contribution in [3.63, 3.8) is 0 Å². The van der Waals surface area contributed by atoms with Gasteiger partial charge in [0.1, 0.15) is 5.69 Å². The molecule has 1 saturated heterocycles. The van der Waals surface area contributed by atoms with Crippen molar-refractivity contribution in [3.8, 4) is 0 Å². The molecule has 1 aliphatic rings. The molecule has 1 aliphatic heterocycles. The molecule has 120 valence electrons. The molecule has 1 aromatic heterocycles. The lowest BCUT2D eigenvalue weighted by Gasteiger charge is -2.27. The van der Waals surface area contributed by atoms with E-state index in [1.54, 1.807) is 7.05 Å². The van der Waals surface area contributed by atoms with Crippen LogP contribution in [0.25, 0.3) is 0 Å². The average molecular weight is 317 g/mol. The van der Waals surface area contributed by atoms with E-state index in [-0.39, 0.29) is 12.3 Å². The lowest BCUT2D eigenvalue weighted by Crippen LogP contribution is -2.40. The highest BCUT2D eigenvalue weighted by Gasteiger charge is 2.32. The number of hydrogen-bond acceptors (Lipinski definition) is 3. The van der Waals surface area contributed by atoms with Gasteiger partial charge in [-0.15, -0.1) is 0 Å². The zero-order chi connectivity index (χ0) is 16.5. The average Bonchev–Trinajstić information content (AvgIpc) is 2.43. The van der Waals surface area contributed by atoms with Crippen LogP contribution < -0.4 is 10.9 Å². The van der Waals surface area contributed by atoms with Crippen LogP contribution in [-0.4, -0.2) is 35.3 Å². The normalized spacial score (nSPS) is 19.2. The van der Waals surface area contributed by atoms with Gasteiger partial charge in [0.2, 0.25) is 11.8 Å². The lowest BCUT2D eigenvalue weighted by molar-refractivity contribution is -0.137. The van der Waals surface area contributed by atoms with Gasteiger partial charge in [-0.2, -0.15) is 13.2 Å². The molecule has 0 spiro atoms. The molecular formula is C13H14F3N3O3. The van der Waals surface area contributed by atoms with Crippen molar-refractivity contribution >= 4 is 17.5 Å². The number of piperidine rings is 1. The first-order valence-corrected chi connectivity index (χ1v) is 6.53. The number of nitrogens with zero attached hydrogens (tertiary/aromatic N) is 1. The van der Waals surface area contributed by atoms with E-state index in [1.165, 1.54) is 4.90 Å². The first-order valence-electron chi connectivity index (χ1n) is 6.53. The Balaban J connectivity index is 2.15. The topological polar surface area (TPSA) is 82.3 Å². The summed E-state index contributed by atoms with van der Waals surface area (Å²) in [5.41, 5.74) is -2.38. The monoisotopic (exact) mass is 317 g/mol. The molecular weight excluding hydrogens is 303 g/mol. The Morgan fingerprint density at radius 2 is 2.09 bits per heavy atom. The van der Waals surface area contributed by atoms with E-state index in [2.05, 4.69) is 5.32 Å². The van der Waals surface area contributed by atoms with Crippen LogP contribution in [-0.2, 0) is 15.8 Å². The Hall–Kier alpha value is -2.32. The van der Waals surface area contributed by atoms with Crippen LogP contribution in [0.1, 0.15) is 18.4 Å². The van der Waals surface area contributed by atoms with E-state index in [0.717, 1.165) is 0 Å². The van der Waals surface area contributed by atoms with Crippen LogP contribution in [0.3, 0.4) is 0 Å². The van der Waals surface area contributed by atoms with Gasteiger partial charge in [-0.05, 0) is 12.5 Å². The third kappa shape index (κ3) is 3.46. The van der Waals surface area contributed by atoms with Crippen molar-refractivity contribution in [3.05, 3.63) is 28.2 Å². The van der Waals surface area contributed by atoms with Gasteiger partial charge in [0.05, 0.1) is 5.56 Å². The summed E-state index contributed by atoms with van der Waals surface area (Å²) in [6.45, 7) is 0.385. The van der Waals surface area contributed by atoms with Crippen LogP contribution >= 0.6 is 0 Å². The highest BCUT2D eigenvalue weighted by molar-refractivity contribution is 5.95. The Morgan fingerprint density at radius 1 is 1.41 bits per heavy atom. The van der Waals surface area contributed by atoms with Gasteiger partial charge in [-0.1, -0.05) is 0 Å². The summed E-state index contributed by atoms with van der Waals surface area (Å²) in [5, 5.41) is 2.17. The van der Waals surface area contributed by atoms with Crippen molar-refractivity contribution < 1.29 is 22.8 Å². The quantitative estimate of drug-likeness (QED) is 0.860. The summed E-state index contributed by atoms with van der Waals surface area (Å²) >= 11 is 0. The third-order valence-electron chi connectivity index (χ3n) is 3.52. The zero-order valence-electron chi connectivity index (χ0n) is 11.7. The molecule has 22 heavy (non-hydrogen) atoms. The minimum Gasteiger partial charge on any atom is -0.346 e. The maximum Gasteiger partial charge on any atom is 0.417 e. The number of alkyl halides is 3. The van der Waals surface area contributed by atoms with E-state index < -0.39 is 34.8 Å². The fourth-order valence-electron chi connectivity index (χ4n) is 2.14. The highest BCUT2D eigenvalue weighted by Crippen LogP contribution is 2.29. The number of carbonyl (C=O) groups is 2.